The van der Waals surface area contributed by atoms with Gasteiger partial charge in [-0.05, 0) is 60.5 Å². The molecule has 232 valence electrons. The molecule has 0 saturated carbocycles. The molecule has 0 aliphatic carbocycles. The lowest BCUT2D eigenvalue weighted by molar-refractivity contribution is -0.649. The van der Waals surface area contributed by atoms with E-state index in [-0.39, 0.29) is 14.9 Å². The average molecular weight is 705 g/mol. The Kier molecular flexibility index (Phi) is 13.2. The third-order valence-corrected chi connectivity index (χ3v) is 9.41. The van der Waals surface area contributed by atoms with Crippen molar-refractivity contribution >= 4 is 88.5 Å². The quantitative estimate of drug-likeness (QED) is 0.154. The fourth-order valence-corrected chi connectivity index (χ4v) is 7.76. The van der Waals surface area contributed by atoms with Crippen molar-refractivity contribution in [1.29, 1.82) is 0 Å². The van der Waals surface area contributed by atoms with Crippen LogP contribution in [0.25, 0.3) is 16.3 Å². The Morgan fingerprint density at radius 1 is 1.05 bits per heavy atom. The van der Waals surface area contributed by atoms with Crippen LogP contribution in [0, 0.1) is 0 Å². The second kappa shape index (κ2) is 15.5. The van der Waals surface area contributed by atoms with Gasteiger partial charge in [0.25, 0.3) is 15.1 Å². The standard InChI is InChI=1S/C21H18Cl2N2O6S4.C5H5N.2CH4/c1-2-13(7-20-24(11-34(26,27)28)16-9-14(22)3-5-18(16)32-20)8-21-25(12-35(29,30)31)17-10-15(23)4-6-19(17)33-21;1-2-4-6-5-3-1;;/h3-10H,2,11-12H2,1H3,(H-,26,27,28,29,30,31);1-5H;2*1H4. The van der Waals surface area contributed by atoms with E-state index in [1.54, 1.807) is 60.9 Å². The summed E-state index contributed by atoms with van der Waals surface area (Å²) in [6, 6.07) is 15.8. The molecule has 2 aromatic heterocycles. The summed E-state index contributed by atoms with van der Waals surface area (Å²) in [7, 11) is -8.95. The maximum Gasteiger partial charge on any atom is 0.283 e. The zero-order valence-corrected chi connectivity index (χ0v) is 26.1. The highest BCUT2D eigenvalue weighted by molar-refractivity contribution is 8.03. The van der Waals surface area contributed by atoms with E-state index in [0.717, 1.165) is 15.2 Å². The van der Waals surface area contributed by atoms with Gasteiger partial charge in [0.2, 0.25) is 11.4 Å². The molecule has 0 radical (unpaired) electrons. The van der Waals surface area contributed by atoms with Gasteiger partial charge in [-0.25, -0.2) is 8.42 Å². The van der Waals surface area contributed by atoms with Crippen LogP contribution >= 0.6 is 46.3 Å². The number of benzene rings is 2. The lowest BCUT2D eigenvalue weighted by Crippen LogP contribution is -2.39. The Morgan fingerprint density at radius 3 is 2.26 bits per heavy atom. The van der Waals surface area contributed by atoms with Crippen molar-refractivity contribution < 1.29 is 30.5 Å². The highest BCUT2D eigenvalue weighted by atomic mass is 35.5. The van der Waals surface area contributed by atoms with E-state index in [9.17, 15) is 25.9 Å². The van der Waals surface area contributed by atoms with E-state index in [0.29, 0.717) is 37.7 Å². The fourth-order valence-electron chi connectivity index (χ4n) is 3.83. The van der Waals surface area contributed by atoms with Gasteiger partial charge in [-0.15, -0.1) is 0 Å². The Morgan fingerprint density at radius 2 is 1.70 bits per heavy atom. The molecule has 0 atom stereocenters. The van der Waals surface area contributed by atoms with Gasteiger partial charge in [0.15, 0.2) is 16.0 Å². The molecule has 4 aromatic rings. The molecular weight excluding hydrogens is 673 g/mol. The van der Waals surface area contributed by atoms with Gasteiger partial charge in [0.05, 0.1) is 10.7 Å². The van der Waals surface area contributed by atoms with Gasteiger partial charge in [0.1, 0.15) is 4.70 Å². The minimum Gasteiger partial charge on any atom is -0.743 e. The summed E-state index contributed by atoms with van der Waals surface area (Å²) < 4.78 is 69.9. The third-order valence-electron chi connectivity index (χ3n) is 5.56. The molecule has 5 rings (SSSR count). The van der Waals surface area contributed by atoms with Crippen LogP contribution in [0.4, 0.5) is 5.69 Å². The predicted octanol–water partition coefficient (Wildman–Crippen LogP) is 7.44. The molecule has 1 aliphatic rings. The number of anilines is 1. The molecule has 0 fully saturated rings. The van der Waals surface area contributed by atoms with Gasteiger partial charge in [-0.1, -0.05) is 74.1 Å². The molecule has 0 saturated heterocycles. The molecule has 3 heterocycles. The topological polar surface area (TPSA) is 132 Å². The maximum atomic E-state index is 11.7. The number of hydrogen-bond donors (Lipinski definition) is 1. The monoisotopic (exact) mass is 703 g/mol. The molecule has 2 aromatic carbocycles. The van der Waals surface area contributed by atoms with Gasteiger partial charge in [-0.3, -0.25) is 9.54 Å². The summed E-state index contributed by atoms with van der Waals surface area (Å²) in [6.45, 7) is 1.89. The summed E-state index contributed by atoms with van der Waals surface area (Å²) in [5, 5.41) is 1.88. The third kappa shape index (κ3) is 10.3. The first kappa shape index (κ1) is 36.7. The van der Waals surface area contributed by atoms with Crippen molar-refractivity contribution in [3.05, 3.63) is 98.7 Å². The maximum absolute atomic E-state index is 11.7. The summed E-state index contributed by atoms with van der Waals surface area (Å²) in [5.41, 5.74) is 1.80. The lowest BCUT2D eigenvalue weighted by atomic mass is 10.2. The number of thiazole rings is 1. The number of fused-ring (bicyclic) bond motifs is 2. The minimum absolute atomic E-state index is 0. The lowest BCUT2D eigenvalue weighted by Gasteiger charge is -2.19. The SMILES string of the molecule is C.C.CCC(=Cc1sc2ccc(Cl)cc2[n+]1CS(=O)(=O)[O-])C=C1Sc2ccc(Cl)cc2N1CS(=O)(=O)O.c1ccncc1. The van der Waals surface area contributed by atoms with Crippen molar-refractivity contribution in [2.24, 2.45) is 0 Å². The van der Waals surface area contributed by atoms with E-state index in [4.69, 9.17) is 23.2 Å². The van der Waals surface area contributed by atoms with Gasteiger partial charge < -0.3 is 9.45 Å². The molecule has 0 bridgehead atoms. The number of allylic oxidation sites excluding steroid dienone is 2. The first-order valence-electron chi connectivity index (χ1n) is 11.9. The fraction of sp³-hybridized carbons (Fsp3) is 0.214. The second-order valence-corrected chi connectivity index (χ2v) is 14.4. The van der Waals surface area contributed by atoms with Crippen LogP contribution in [0.15, 0.2) is 88.6 Å². The van der Waals surface area contributed by atoms with Gasteiger partial charge >= 0.3 is 0 Å². The van der Waals surface area contributed by atoms with Gasteiger partial charge in [0, 0.05) is 39.5 Å². The molecule has 1 N–H and O–H groups in total. The molecule has 0 spiro atoms. The van der Waals surface area contributed by atoms with Crippen LogP contribution in [-0.2, 0) is 26.1 Å². The Labute approximate surface area is 271 Å². The van der Waals surface area contributed by atoms with E-state index in [1.807, 2.05) is 25.1 Å². The minimum atomic E-state index is -4.60. The molecule has 15 heteroatoms. The summed E-state index contributed by atoms with van der Waals surface area (Å²) in [5.74, 6) is -1.42. The molecule has 43 heavy (non-hydrogen) atoms. The highest BCUT2D eigenvalue weighted by Crippen LogP contribution is 2.47. The largest absolute Gasteiger partial charge is 0.743 e. The number of rotatable bonds is 7. The molecular formula is C28H31Cl2N3O6S4. The predicted molar refractivity (Wildman–Crippen MR) is 177 cm³/mol. The Balaban J connectivity index is 0.000000720. The number of hydrogen-bond acceptors (Lipinski definition) is 9. The highest BCUT2D eigenvalue weighted by Gasteiger charge is 2.29. The van der Waals surface area contributed by atoms with Crippen LogP contribution in [0.2, 0.25) is 10.0 Å². The molecule has 0 unspecified atom stereocenters. The van der Waals surface area contributed by atoms with Crippen LogP contribution in [-0.4, -0.2) is 36.8 Å². The second-order valence-electron chi connectivity index (χ2n) is 8.60. The van der Waals surface area contributed by atoms with Crippen molar-refractivity contribution in [2.45, 2.75) is 39.0 Å². The molecule has 0 amide bonds. The molecule has 9 nitrogen and oxygen atoms in total. The van der Waals surface area contributed by atoms with Crippen LogP contribution in [0.5, 0.6) is 0 Å². The number of nitrogens with zero attached hydrogens (tertiary/aromatic N) is 3. The first-order valence-corrected chi connectivity index (χ1v) is 17.4. The summed E-state index contributed by atoms with van der Waals surface area (Å²) in [4.78, 5) is 6.00. The summed E-state index contributed by atoms with van der Waals surface area (Å²) >= 11 is 14.8. The number of pyridine rings is 1. The van der Waals surface area contributed by atoms with E-state index in [1.165, 1.54) is 32.6 Å². The van der Waals surface area contributed by atoms with Crippen LogP contribution < -0.4 is 9.47 Å². The van der Waals surface area contributed by atoms with Crippen LogP contribution in [0.1, 0.15) is 33.2 Å². The average Bonchev–Trinajstić information content (AvgIpc) is 3.39. The molecule has 1 aliphatic heterocycles. The summed E-state index contributed by atoms with van der Waals surface area (Å²) in [6.07, 6.45) is 7.52. The van der Waals surface area contributed by atoms with Crippen molar-refractivity contribution in [1.82, 2.24) is 4.98 Å². The van der Waals surface area contributed by atoms with Gasteiger partial charge in [-0.2, -0.15) is 13.0 Å². The number of aromatic nitrogens is 2. The number of halogens is 2. The van der Waals surface area contributed by atoms with E-state index in [2.05, 4.69) is 4.98 Å². The Bertz CT molecular complexity index is 1820. The first-order chi connectivity index (χ1) is 19.3. The van der Waals surface area contributed by atoms with Crippen molar-refractivity contribution in [3.63, 3.8) is 0 Å². The smallest absolute Gasteiger partial charge is 0.283 e. The van der Waals surface area contributed by atoms with E-state index < -0.39 is 32.0 Å². The van der Waals surface area contributed by atoms with Crippen LogP contribution in [0.3, 0.4) is 0 Å². The normalized spacial score (nSPS) is 14.0. The van der Waals surface area contributed by atoms with E-state index >= 15 is 0 Å². The van der Waals surface area contributed by atoms with Crippen molar-refractivity contribution in [2.75, 3.05) is 10.8 Å². The van der Waals surface area contributed by atoms with Crippen molar-refractivity contribution in [3.8, 4) is 0 Å². The zero-order chi connectivity index (χ0) is 29.8. The number of thioether (sulfide) groups is 1. The zero-order valence-electron chi connectivity index (χ0n) is 21.3. The Hall–Kier alpha value is -2.49.